The zero-order chi connectivity index (χ0) is 54.8. The molecule has 0 saturated heterocycles. The smallest absolute Gasteiger partial charge is 0.437 e. The number of hydrogen-bond donors (Lipinski definition) is 3. The van der Waals surface area contributed by atoms with Crippen LogP contribution in [0.15, 0.2) is 89.9 Å². The fourth-order valence-electron chi connectivity index (χ4n) is 7.19. The van der Waals surface area contributed by atoms with Gasteiger partial charge in [-0.25, -0.2) is 24.0 Å². The number of benzene rings is 4. The van der Waals surface area contributed by atoms with Crippen molar-refractivity contribution in [1.82, 2.24) is 10.6 Å². The third-order valence-corrected chi connectivity index (χ3v) is 9.97. The molecule has 0 unspecified atom stereocenters. The summed E-state index contributed by atoms with van der Waals surface area (Å²) in [6.07, 6.45) is -2.57. The number of esters is 3. The molecule has 1 heterocycles. The van der Waals surface area contributed by atoms with E-state index in [9.17, 15) is 38.7 Å². The number of carboxylic acid groups (broad SMARTS) is 1. The number of para-hydroxylation sites is 1. The summed E-state index contributed by atoms with van der Waals surface area (Å²) in [7, 11) is 0. The predicted molar refractivity (Wildman–Crippen MR) is 273 cm³/mol. The van der Waals surface area contributed by atoms with Gasteiger partial charge in [0.15, 0.2) is 11.5 Å². The van der Waals surface area contributed by atoms with Crippen molar-refractivity contribution in [3.63, 3.8) is 0 Å². The minimum absolute atomic E-state index is 0.00424. The van der Waals surface area contributed by atoms with E-state index in [1.165, 1.54) is 48.5 Å². The number of carboxylic acids is 1. The number of nitrogens with zero attached hydrogens (tertiary/aromatic N) is 2. The van der Waals surface area contributed by atoms with Gasteiger partial charge in [-0.15, -0.1) is 4.99 Å². The summed E-state index contributed by atoms with van der Waals surface area (Å²) in [6, 6.07) is 20.9. The van der Waals surface area contributed by atoms with E-state index in [1.54, 1.807) is 89.2 Å². The maximum atomic E-state index is 14.4. The summed E-state index contributed by atoms with van der Waals surface area (Å²) < 4.78 is 40.5. The van der Waals surface area contributed by atoms with E-state index in [2.05, 4.69) is 15.6 Å². The first-order chi connectivity index (χ1) is 34.4. The zero-order valence-corrected chi connectivity index (χ0v) is 44.0. The highest BCUT2D eigenvalue weighted by atomic mass is 16.6. The first-order valence-corrected chi connectivity index (χ1v) is 23.9. The Balaban J connectivity index is 1.54. The largest absolute Gasteiger partial charge is 0.489 e. The lowest BCUT2D eigenvalue weighted by molar-refractivity contribution is -0.163. The molecule has 0 spiro atoms. The summed E-state index contributed by atoms with van der Waals surface area (Å²) >= 11 is 0. The maximum Gasteiger partial charge on any atom is 0.437 e. The van der Waals surface area contributed by atoms with Gasteiger partial charge < -0.3 is 43.6 Å². The third-order valence-electron chi connectivity index (χ3n) is 9.97. The van der Waals surface area contributed by atoms with E-state index < -0.39 is 82.8 Å². The number of alkyl carbamates (subject to hydrolysis) is 1. The lowest BCUT2D eigenvalue weighted by Gasteiger charge is -2.35. The van der Waals surface area contributed by atoms with Crippen molar-refractivity contribution in [2.75, 3.05) is 11.5 Å². The topological polar surface area (TPSA) is 244 Å². The molecule has 74 heavy (non-hydrogen) atoms. The monoisotopic (exact) mass is 1020 g/mol. The molecule has 0 radical (unpaired) electrons. The summed E-state index contributed by atoms with van der Waals surface area (Å²) in [5, 5.41) is 15.1. The molecular weight excluding hydrogens is 957 g/mol. The van der Waals surface area contributed by atoms with Crippen LogP contribution < -0.4 is 29.7 Å². The van der Waals surface area contributed by atoms with Crippen LogP contribution in [0.4, 0.5) is 15.3 Å². The molecule has 0 saturated carbocycles. The quantitative estimate of drug-likeness (QED) is 0.0393. The highest BCUT2D eigenvalue weighted by molar-refractivity contribution is 6.11. The Bertz CT molecular complexity index is 2760. The van der Waals surface area contributed by atoms with E-state index in [1.807, 2.05) is 30.3 Å². The van der Waals surface area contributed by atoms with Crippen molar-refractivity contribution >= 4 is 53.6 Å². The Morgan fingerprint density at radius 3 is 2.04 bits per heavy atom. The highest BCUT2D eigenvalue weighted by Crippen LogP contribution is 2.35. The number of ether oxygens (including phenoxy) is 7. The second-order valence-electron chi connectivity index (χ2n) is 21.2. The number of aliphatic imine (C=N–C) groups is 1. The molecule has 0 bridgehead atoms. The van der Waals surface area contributed by atoms with Crippen molar-refractivity contribution in [2.24, 2.45) is 4.99 Å². The molecule has 5 rings (SSSR count). The first-order valence-electron chi connectivity index (χ1n) is 23.9. The van der Waals surface area contributed by atoms with Crippen LogP contribution in [0.25, 0.3) is 0 Å². The van der Waals surface area contributed by atoms with E-state index in [-0.39, 0.29) is 66.5 Å². The number of aromatic carboxylic acids is 1. The Hall–Kier alpha value is -7.96. The minimum atomic E-state index is -1.68. The summed E-state index contributed by atoms with van der Waals surface area (Å²) in [4.78, 5) is 101. The number of hydrogen-bond acceptors (Lipinski definition) is 14. The molecule has 0 fully saturated rings. The number of guanidine groups is 1. The number of nitrogens with one attached hydrogen (secondary N) is 2. The molecule has 0 aromatic heterocycles. The van der Waals surface area contributed by atoms with Crippen LogP contribution in [-0.4, -0.2) is 88.1 Å². The van der Waals surface area contributed by atoms with Crippen LogP contribution in [-0.2, 0) is 48.1 Å². The van der Waals surface area contributed by atoms with Crippen LogP contribution in [0, 0.1) is 0 Å². The first kappa shape index (κ1) is 56.9. The van der Waals surface area contributed by atoms with Crippen LogP contribution >= 0.6 is 0 Å². The van der Waals surface area contributed by atoms with Crippen LogP contribution in [0.3, 0.4) is 0 Å². The molecule has 1 aliphatic heterocycles. The fraction of sp³-hybridized carbons (Fsp3) is 0.418. The molecule has 3 N–H and O–H groups in total. The lowest BCUT2D eigenvalue weighted by atomic mass is 10.00. The van der Waals surface area contributed by atoms with Gasteiger partial charge in [0.2, 0.25) is 5.96 Å². The van der Waals surface area contributed by atoms with Crippen LogP contribution in [0.1, 0.15) is 144 Å². The van der Waals surface area contributed by atoms with Gasteiger partial charge in [0, 0.05) is 12.2 Å². The van der Waals surface area contributed by atoms with Gasteiger partial charge in [-0.05, 0) is 161 Å². The SMILES string of the molecule is CC(C)(C)OC(=O)C[C@@H](C(=O)OC(C)(C)C)N(C(=NC(=O)OC(C)(C)C)NC(=O)OC(C)(C)C)c1ccc2c(c1)CCCOc1c(cccc1C(=O)NCc1cc(OCc3ccccc3)cc(C(=O)O)c1)OC2=O. The van der Waals surface area contributed by atoms with E-state index in [4.69, 9.17) is 33.2 Å². The van der Waals surface area contributed by atoms with Crippen molar-refractivity contribution in [3.8, 4) is 17.2 Å². The molecule has 4 aromatic carbocycles. The van der Waals surface area contributed by atoms with Crippen LogP contribution in [0.5, 0.6) is 17.2 Å². The summed E-state index contributed by atoms with van der Waals surface area (Å²) in [6.45, 7) is 19.5. The molecule has 3 amide bonds. The second-order valence-corrected chi connectivity index (χ2v) is 21.2. The number of anilines is 1. The molecule has 1 aliphatic rings. The molecule has 19 heteroatoms. The standard InChI is InChI=1S/C55H66N4O15/c1-52(2,3)71-43(60)30-41(48(65)72-53(4,5)6)59(49(57-50(66)73-54(7,8)9)58-51(67)74-55(10,11)12)37-23-24-39-35(28-37)20-17-25-68-44-40(21-16-22-42(44)70-47(39)64)45(61)56-31-34-26-36(46(62)63)29-38(27-34)69-32-33-18-14-13-15-19-33/h13-16,18-19,21-24,26-29,41H,17,20,25,30-32H2,1-12H3,(H,56,61)(H,62,63)(H,57,58,66,67)/t41-/m0/s1. The molecule has 396 valence electrons. The number of carbonyl (C=O) groups is 7. The molecule has 4 aromatic rings. The average Bonchev–Trinajstić information content (AvgIpc) is 3.26. The van der Waals surface area contributed by atoms with Gasteiger partial charge in [-0.2, -0.15) is 0 Å². The molecule has 1 atom stereocenters. The zero-order valence-electron chi connectivity index (χ0n) is 44.0. The highest BCUT2D eigenvalue weighted by Gasteiger charge is 2.39. The van der Waals surface area contributed by atoms with Gasteiger partial charge in [0.25, 0.3) is 5.91 Å². The molecule has 19 nitrogen and oxygen atoms in total. The predicted octanol–water partition coefficient (Wildman–Crippen LogP) is 9.50. The fourth-order valence-corrected chi connectivity index (χ4v) is 7.19. The molecule has 0 aliphatic carbocycles. The number of carbonyl (C=O) groups excluding carboxylic acids is 6. The third kappa shape index (κ3) is 17.7. The second kappa shape index (κ2) is 23.7. The lowest BCUT2D eigenvalue weighted by Crippen LogP contribution is -2.55. The van der Waals surface area contributed by atoms with Crippen molar-refractivity contribution < 1.29 is 71.8 Å². The van der Waals surface area contributed by atoms with Gasteiger partial charge in [-0.1, -0.05) is 36.4 Å². The Kier molecular flexibility index (Phi) is 18.3. The van der Waals surface area contributed by atoms with E-state index in [0.717, 1.165) is 10.5 Å². The van der Waals surface area contributed by atoms with Crippen molar-refractivity contribution in [1.29, 1.82) is 0 Å². The number of aryl methyl sites for hydroxylation is 1. The summed E-state index contributed by atoms with van der Waals surface area (Å²) in [5.74, 6) is -4.86. The van der Waals surface area contributed by atoms with Crippen molar-refractivity contribution in [2.45, 2.75) is 144 Å². The number of amides is 3. The average molecular weight is 1020 g/mol. The van der Waals surface area contributed by atoms with Gasteiger partial charge >= 0.3 is 36.1 Å². The Labute approximate surface area is 430 Å². The van der Waals surface area contributed by atoms with Gasteiger partial charge in [0.1, 0.15) is 40.8 Å². The van der Waals surface area contributed by atoms with Gasteiger partial charge in [-0.3, -0.25) is 19.8 Å². The Morgan fingerprint density at radius 2 is 1.41 bits per heavy atom. The van der Waals surface area contributed by atoms with Gasteiger partial charge in [0.05, 0.1) is 29.7 Å². The maximum absolute atomic E-state index is 14.4. The molecular formula is C55H66N4O15. The summed E-state index contributed by atoms with van der Waals surface area (Å²) in [5.41, 5.74) is -2.42. The normalized spacial score (nSPS) is 13.5. The van der Waals surface area contributed by atoms with Crippen molar-refractivity contribution in [3.05, 3.63) is 118 Å². The van der Waals surface area contributed by atoms with E-state index in [0.29, 0.717) is 16.9 Å². The minimum Gasteiger partial charge on any atom is -0.489 e. The van der Waals surface area contributed by atoms with Crippen LogP contribution in [0.2, 0.25) is 0 Å². The number of fused-ring (bicyclic) bond motifs is 2. The Morgan fingerprint density at radius 1 is 0.743 bits per heavy atom. The number of rotatable bonds is 12. The van der Waals surface area contributed by atoms with E-state index >= 15 is 0 Å².